The fourth-order valence-electron chi connectivity index (χ4n) is 2.41. The Morgan fingerprint density at radius 1 is 1.43 bits per heavy atom. The van der Waals surface area contributed by atoms with Gasteiger partial charge in [-0.25, -0.2) is 0 Å². The molecule has 1 aliphatic rings. The van der Waals surface area contributed by atoms with E-state index in [0.717, 1.165) is 13.0 Å². The van der Waals surface area contributed by atoms with Crippen molar-refractivity contribution >= 4 is 5.91 Å². The van der Waals surface area contributed by atoms with Crippen LogP contribution in [0.15, 0.2) is 18.2 Å². The van der Waals surface area contributed by atoms with Gasteiger partial charge in [-0.2, -0.15) is 0 Å². The quantitative estimate of drug-likeness (QED) is 0.841. The molecule has 0 aliphatic carbocycles. The molecule has 1 atom stereocenters. The van der Waals surface area contributed by atoms with Crippen LogP contribution >= 0.6 is 0 Å². The second-order valence-corrected chi connectivity index (χ2v) is 5.54. The van der Waals surface area contributed by atoms with E-state index in [9.17, 15) is 4.79 Å². The monoisotopic (exact) mass is 292 g/mol. The highest BCUT2D eigenvalue weighted by atomic mass is 16.5. The molecular formula is C16H24N2O3. The predicted molar refractivity (Wildman–Crippen MR) is 82.1 cm³/mol. The van der Waals surface area contributed by atoms with Gasteiger partial charge < -0.3 is 20.1 Å². The number of ether oxygens (including phenoxy) is 2. The Balaban J connectivity index is 1.99. The summed E-state index contributed by atoms with van der Waals surface area (Å²) in [6.45, 7) is 5.60. The van der Waals surface area contributed by atoms with Gasteiger partial charge in [0.05, 0.1) is 13.2 Å². The summed E-state index contributed by atoms with van der Waals surface area (Å²) in [4.78, 5) is 12.2. The van der Waals surface area contributed by atoms with Crippen molar-refractivity contribution in [2.45, 2.75) is 38.8 Å². The lowest BCUT2D eigenvalue weighted by Gasteiger charge is -2.15. The summed E-state index contributed by atoms with van der Waals surface area (Å²) in [5, 5.41) is 6.31. The van der Waals surface area contributed by atoms with Gasteiger partial charge in [0.2, 0.25) is 0 Å². The van der Waals surface area contributed by atoms with Crippen LogP contribution in [0.1, 0.15) is 37.0 Å². The number of methoxy groups -OCH3 is 1. The third kappa shape index (κ3) is 4.36. The van der Waals surface area contributed by atoms with Gasteiger partial charge >= 0.3 is 0 Å². The molecule has 21 heavy (non-hydrogen) atoms. The number of rotatable bonds is 6. The Labute approximate surface area is 126 Å². The predicted octanol–water partition coefficient (Wildman–Crippen LogP) is 1.96. The molecule has 1 aliphatic heterocycles. The number of carbonyl (C=O) groups is 1. The summed E-state index contributed by atoms with van der Waals surface area (Å²) in [6, 6.07) is 5.65. The van der Waals surface area contributed by atoms with Crippen LogP contribution in [0.3, 0.4) is 0 Å². The van der Waals surface area contributed by atoms with E-state index in [0.29, 0.717) is 29.6 Å². The van der Waals surface area contributed by atoms with Crippen molar-refractivity contribution in [1.29, 1.82) is 0 Å². The summed E-state index contributed by atoms with van der Waals surface area (Å²) in [7, 11) is 1.58. The van der Waals surface area contributed by atoms with E-state index in [-0.39, 0.29) is 12.0 Å². The molecule has 1 aromatic rings. The number of benzene rings is 1. The van der Waals surface area contributed by atoms with Gasteiger partial charge in [-0.3, -0.25) is 4.79 Å². The minimum atomic E-state index is -0.0851. The van der Waals surface area contributed by atoms with Crippen molar-refractivity contribution in [3.63, 3.8) is 0 Å². The van der Waals surface area contributed by atoms with Gasteiger partial charge in [0.15, 0.2) is 11.5 Å². The van der Waals surface area contributed by atoms with Crippen LogP contribution in [-0.4, -0.2) is 38.3 Å². The van der Waals surface area contributed by atoms with Crippen LogP contribution in [0.2, 0.25) is 0 Å². The molecule has 2 rings (SSSR count). The lowest BCUT2D eigenvalue weighted by molar-refractivity contribution is 0.0950. The molecule has 0 bridgehead atoms. The first-order chi connectivity index (χ1) is 10.1. The van der Waals surface area contributed by atoms with Crippen LogP contribution in [0.5, 0.6) is 11.5 Å². The minimum absolute atomic E-state index is 0.0621. The van der Waals surface area contributed by atoms with Gasteiger partial charge in [0, 0.05) is 18.2 Å². The van der Waals surface area contributed by atoms with E-state index in [2.05, 4.69) is 10.6 Å². The smallest absolute Gasteiger partial charge is 0.251 e. The first kappa shape index (κ1) is 15.6. The van der Waals surface area contributed by atoms with Crippen LogP contribution in [0.4, 0.5) is 0 Å². The fourth-order valence-corrected chi connectivity index (χ4v) is 2.41. The van der Waals surface area contributed by atoms with Crippen molar-refractivity contribution in [1.82, 2.24) is 10.6 Å². The van der Waals surface area contributed by atoms with Crippen molar-refractivity contribution in [2.24, 2.45) is 0 Å². The molecule has 116 valence electrons. The molecule has 1 saturated heterocycles. The summed E-state index contributed by atoms with van der Waals surface area (Å²) in [5.74, 6) is 1.15. The Hall–Kier alpha value is -1.75. The largest absolute Gasteiger partial charge is 0.493 e. The van der Waals surface area contributed by atoms with Crippen molar-refractivity contribution in [3.8, 4) is 11.5 Å². The second kappa shape index (κ2) is 7.31. The van der Waals surface area contributed by atoms with E-state index in [1.807, 2.05) is 13.8 Å². The Morgan fingerprint density at radius 2 is 2.24 bits per heavy atom. The van der Waals surface area contributed by atoms with Gasteiger partial charge in [0.25, 0.3) is 5.91 Å². The zero-order valence-corrected chi connectivity index (χ0v) is 12.9. The van der Waals surface area contributed by atoms with Gasteiger partial charge in [0.1, 0.15) is 0 Å². The molecule has 1 aromatic carbocycles. The third-order valence-corrected chi connectivity index (χ3v) is 3.46. The van der Waals surface area contributed by atoms with Crippen LogP contribution in [-0.2, 0) is 0 Å². The van der Waals surface area contributed by atoms with E-state index in [1.54, 1.807) is 25.3 Å². The van der Waals surface area contributed by atoms with Crippen LogP contribution in [0, 0.1) is 0 Å². The number of hydrogen-bond acceptors (Lipinski definition) is 4. The molecule has 5 heteroatoms. The summed E-state index contributed by atoms with van der Waals surface area (Å²) >= 11 is 0. The van der Waals surface area contributed by atoms with Crippen LogP contribution in [0.25, 0.3) is 0 Å². The third-order valence-electron chi connectivity index (χ3n) is 3.46. The second-order valence-electron chi connectivity index (χ2n) is 5.54. The summed E-state index contributed by atoms with van der Waals surface area (Å²) in [5.41, 5.74) is 0.584. The number of nitrogens with one attached hydrogen (secondary N) is 2. The lowest BCUT2D eigenvalue weighted by atomic mass is 10.1. The van der Waals surface area contributed by atoms with Gasteiger partial charge in [-0.05, 0) is 51.4 Å². The topological polar surface area (TPSA) is 59.6 Å². The average Bonchev–Trinajstić information content (AvgIpc) is 2.98. The molecule has 0 saturated carbocycles. The van der Waals surface area contributed by atoms with Crippen LogP contribution < -0.4 is 20.1 Å². The van der Waals surface area contributed by atoms with E-state index in [1.165, 1.54) is 6.42 Å². The Kier molecular flexibility index (Phi) is 5.44. The first-order valence-corrected chi connectivity index (χ1v) is 7.46. The van der Waals surface area contributed by atoms with Crippen molar-refractivity contribution < 1.29 is 14.3 Å². The van der Waals surface area contributed by atoms with E-state index in [4.69, 9.17) is 9.47 Å². The molecule has 1 amide bonds. The molecule has 1 unspecified atom stereocenters. The van der Waals surface area contributed by atoms with E-state index >= 15 is 0 Å². The number of carbonyl (C=O) groups excluding carboxylic acids is 1. The minimum Gasteiger partial charge on any atom is -0.493 e. The molecule has 0 spiro atoms. The molecule has 1 heterocycles. The number of hydrogen-bond donors (Lipinski definition) is 2. The van der Waals surface area contributed by atoms with Crippen molar-refractivity contribution in [2.75, 3.05) is 20.2 Å². The lowest BCUT2D eigenvalue weighted by Crippen LogP contribution is -2.37. The Bertz CT molecular complexity index is 482. The van der Waals surface area contributed by atoms with Gasteiger partial charge in [-0.1, -0.05) is 0 Å². The maximum Gasteiger partial charge on any atom is 0.251 e. The first-order valence-electron chi connectivity index (χ1n) is 7.46. The number of amides is 1. The maximum atomic E-state index is 12.2. The maximum absolute atomic E-state index is 12.2. The zero-order chi connectivity index (χ0) is 15.2. The highest BCUT2D eigenvalue weighted by molar-refractivity contribution is 5.94. The highest BCUT2D eigenvalue weighted by Gasteiger charge is 2.16. The molecular weight excluding hydrogens is 268 g/mol. The normalized spacial score (nSPS) is 17.8. The van der Waals surface area contributed by atoms with E-state index < -0.39 is 0 Å². The highest BCUT2D eigenvalue weighted by Crippen LogP contribution is 2.28. The zero-order valence-electron chi connectivity index (χ0n) is 12.9. The SMILES string of the molecule is COc1cc(C(=O)NCC2CCCN2)ccc1OC(C)C. The summed E-state index contributed by atoms with van der Waals surface area (Å²) < 4.78 is 10.9. The Morgan fingerprint density at radius 3 is 2.86 bits per heavy atom. The molecule has 5 nitrogen and oxygen atoms in total. The molecule has 0 aromatic heterocycles. The van der Waals surface area contributed by atoms with Crippen molar-refractivity contribution in [3.05, 3.63) is 23.8 Å². The molecule has 2 N–H and O–H groups in total. The van der Waals surface area contributed by atoms with Gasteiger partial charge in [-0.15, -0.1) is 0 Å². The average molecular weight is 292 g/mol. The summed E-state index contributed by atoms with van der Waals surface area (Å²) in [6.07, 6.45) is 2.35. The molecule has 0 radical (unpaired) electrons. The fraction of sp³-hybridized carbons (Fsp3) is 0.562. The molecule has 1 fully saturated rings. The standard InChI is InChI=1S/C16H24N2O3/c1-11(2)21-14-7-6-12(9-15(14)20-3)16(19)18-10-13-5-4-8-17-13/h6-7,9,11,13,17H,4-5,8,10H2,1-3H3,(H,18,19).